The molecule has 32 heavy (non-hydrogen) atoms. The summed E-state index contributed by atoms with van der Waals surface area (Å²) in [5.74, 6) is 7.66. The van der Waals surface area contributed by atoms with E-state index in [1.54, 1.807) is 6.08 Å². The number of hydrogen-bond acceptors (Lipinski definition) is 6. The highest BCUT2D eigenvalue weighted by molar-refractivity contribution is 5.89. The zero-order valence-electron chi connectivity index (χ0n) is 18.0. The number of hydrogen-bond donors (Lipinski definition) is 3. The molecular formula is C24H26N6O2. The SMILES string of the molecule is CNC/C=C/C(=O)N1CCC(Nc2ncnc3[nH]c(C#CCOc4ccccc4)cc23)C1. The summed E-state index contributed by atoms with van der Waals surface area (Å²) in [5, 5.41) is 7.33. The van der Waals surface area contributed by atoms with Crippen LogP contribution in [0.3, 0.4) is 0 Å². The first-order valence-corrected chi connectivity index (χ1v) is 10.6. The van der Waals surface area contributed by atoms with Crippen LogP contribution in [0.25, 0.3) is 11.0 Å². The molecule has 1 aliphatic rings. The van der Waals surface area contributed by atoms with E-state index in [4.69, 9.17) is 4.74 Å². The van der Waals surface area contributed by atoms with Gasteiger partial charge in [-0.3, -0.25) is 4.79 Å². The summed E-state index contributed by atoms with van der Waals surface area (Å²) in [5.41, 5.74) is 1.47. The summed E-state index contributed by atoms with van der Waals surface area (Å²) in [6, 6.07) is 11.7. The summed E-state index contributed by atoms with van der Waals surface area (Å²) >= 11 is 0. The van der Waals surface area contributed by atoms with E-state index < -0.39 is 0 Å². The van der Waals surface area contributed by atoms with Gasteiger partial charge in [-0.15, -0.1) is 0 Å². The Hall–Kier alpha value is -3.83. The van der Waals surface area contributed by atoms with Crippen LogP contribution in [0.2, 0.25) is 0 Å². The predicted molar refractivity (Wildman–Crippen MR) is 124 cm³/mol. The maximum Gasteiger partial charge on any atom is 0.246 e. The number of fused-ring (bicyclic) bond motifs is 1. The number of rotatable bonds is 7. The quantitative estimate of drug-likeness (QED) is 0.393. The van der Waals surface area contributed by atoms with E-state index in [1.165, 1.54) is 6.33 Å². The number of H-pyrrole nitrogens is 1. The van der Waals surface area contributed by atoms with Crippen molar-refractivity contribution in [3.8, 4) is 17.6 Å². The molecule has 0 saturated carbocycles. The summed E-state index contributed by atoms with van der Waals surface area (Å²) in [4.78, 5) is 26.1. The van der Waals surface area contributed by atoms with Crippen molar-refractivity contribution in [2.24, 2.45) is 0 Å². The summed E-state index contributed by atoms with van der Waals surface area (Å²) < 4.78 is 5.61. The molecule has 1 aliphatic heterocycles. The molecule has 1 aromatic carbocycles. The first-order valence-electron chi connectivity index (χ1n) is 10.6. The van der Waals surface area contributed by atoms with Crippen LogP contribution in [0.15, 0.2) is 54.9 Å². The van der Waals surface area contributed by atoms with Crippen molar-refractivity contribution >= 4 is 22.8 Å². The van der Waals surface area contributed by atoms with Crippen molar-refractivity contribution in [1.29, 1.82) is 0 Å². The van der Waals surface area contributed by atoms with E-state index in [2.05, 4.69) is 37.4 Å². The highest BCUT2D eigenvalue weighted by Crippen LogP contribution is 2.23. The molecule has 164 valence electrons. The smallest absolute Gasteiger partial charge is 0.246 e. The fourth-order valence-electron chi connectivity index (χ4n) is 3.54. The van der Waals surface area contributed by atoms with Gasteiger partial charge >= 0.3 is 0 Å². The minimum absolute atomic E-state index is 0.0364. The van der Waals surface area contributed by atoms with Gasteiger partial charge in [-0.1, -0.05) is 30.2 Å². The van der Waals surface area contributed by atoms with E-state index in [0.717, 1.165) is 41.3 Å². The van der Waals surface area contributed by atoms with Crippen LogP contribution in [0.1, 0.15) is 12.1 Å². The maximum atomic E-state index is 12.3. The zero-order chi connectivity index (χ0) is 22.2. The number of likely N-dealkylation sites (N-methyl/N-ethyl adjacent to an activating group) is 1. The van der Waals surface area contributed by atoms with E-state index in [9.17, 15) is 4.79 Å². The van der Waals surface area contributed by atoms with E-state index in [1.807, 2.05) is 54.4 Å². The van der Waals surface area contributed by atoms with Crippen LogP contribution in [0.5, 0.6) is 5.75 Å². The minimum atomic E-state index is 0.0364. The number of benzene rings is 1. The highest BCUT2D eigenvalue weighted by Gasteiger charge is 2.25. The van der Waals surface area contributed by atoms with Crippen molar-refractivity contribution < 1.29 is 9.53 Å². The van der Waals surface area contributed by atoms with Crippen molar-refractivity contribution in [3.63, 3.8) is 0 Å². The molecule has 1 saturated heterocycles. The lowest BCUT2D eigenvalue weighted by atomic mass is 10.2. The Kier molecular flexibility index (Phi) is 7.00. The molecule has 4 rings (SSSR count). The number of carbonyl (C=O) groups excluding carboxylic acids is 1. The fourth-order valence-corrected chi connectivity index (χ4v) is 3.54. The number of aromatic amines is 1. The Balaban J connectivity index is 1.38. The van der Waals surface area contributed by atoms with Gasteiger partial charge in [0.25, 0.3) is 0 Å². The normalized spacial score (nSPS) is 15.7. The Morgan fingerprint density at radius 1 is 1.34 bits per heavy atom. The van der Waals surface area contributed by atoms with Gasteiger partial charge in [-0.25, -0.2) is 9.97 Å². The first kappa shape index (κ1) is 21.4. The Bertz CT molecular complexity index is 1150. The number of nitrogens with zero attached hydrogens (tertiary/aromatic N) is 3. The Morgan fingerprint density at radius 2 is 2.22 bits per heavy atom. The third kappa shape index (κ3) is 5.45. The average molecular weight is 431 g/mol. The summed E-state index contributed by atoms with van der Waals surface area (Å²) in [6.07, 6.45) is 5.85. The van der Waals surface area contributed by atoms with Crippen LogP contribution in [-0.4, -0.2) is 65.1 Å². The molecular weight excluding hydrogens is 404 g/mol. The van der Waals surface area contributed by atoms with Gasteiger partial charge in [0.15, 0.2) is 0 Å². The van der Waals surface area contributed by atoms with Gasteiger partial charge in [0, 0.05) is 31.8 Å². The van der Waals surface area contributed by atoms with Crippen LogP contribution < -0.4 is 15.4 Å². The van der Waals surface area contributed by atoms with Gasteiger partial charge in [-0.05, 0) is 37.6 Å². The molecule has 0 spiro atoms. The second-order valence-corrected chi connectivity index (χ2v) is 7.45. The standard InChI is InChI=1S/C24H26N6O2/c1-25-12-5-10-22(31)30-13-11-19(16-30)29-24-21-15-18(28-23(21)26-17-27-24)7-6-14-32-20-8-3-2-4-9-20/h2-5,8-10,15,17,19,25H,11-14,16H2,1H3,(H2,26,27,28,29)/b10-5+. The molecule has 3 heterocycles. The number of carbonyl (C=O) groups is 1. The summed E-state index contributed by atoms with van der Waals surface area (Å²) in [6.45, 7) is 2.34. The average Bonchev–Trinajstić information content (AvgIpc) is 3.45. The summed E-state index contributed by atoms with van der Waals surface area (Å²) in [7, 11) is 1.85. The molecule has 1 amide bonds. The Labute approximate surface area is 187 Å². The predicted octanol–water partition coefficient (Wildman–Crippen LogP) is 2.18. The minimum Gasteiger partial charge on any atom is -0.481 e. The third-order valence-corrected chi connectivity index (χ3v) is 5.13. The maximum absolute atomic E-state index is 12.3. The largest absolute Gasteiger partial charge is 0.481 e. The van der Waals surface area contributed by atoms with Crippen molar-refractivity contribution in [2.75, 3.05) is 38.6 Å². The number of nitrogens with one attached hydrogen (secondary N) is 3. The lowest BCUT2D eigenvalue weighted by Crippen LogP contribution is -2.30. The zero-order valence-corrected chi connectivity index (χ0v) is 18.0. The number of para-hydroxylation sites is 1. The van der Waals surface area contributed by atoms with Gasteiger partial charge in [-0.2, -0.15) is 0 Å². The Morgan fingerprint density at radius 3 is 3.06 bits per heavy atom. The van der Waals surface area contributed by atoms with Crippen molar-refractivity contribution in [2.45, 2.75) is 12.5 Å². The van der Waals surface area contributed by atoms with E-state index >= 15 is 0 Å². The lowest BCUT2D eigenvalue weighted by Gasteiger charge is -2.16. The van der Waals surface area contributed by atoms with E-state index in [-0.39, 0.29) is 11.9 Å². The topological polar surface area (TPSA) is 95.2 Å². The third-order valence-electron chi connectivity index (χ3n) is 5.13. The van der Waals surface area contributed by atoms with Gasteiger partial charge in [0.1, 0.15) is 30.1 Å². The number of ether oxygens (including phenoxy) is 1. The lowest BCUT2D eigenvalue weighted by molar-refractivity contribution is -0.125. The van der Waals surface area contributed by atoms with Crippen molar-refractivity contribution in [1.82, 2.24) is 25.2 Å². The van der Waals surface area contributed by atoms with Gasteiger partial charge in [0.05, 0.1) is 11.1 Å². The van der Waals surface area contributed by atoms with Crippen LogP contribution in [0, 0.1) is 11.8 Å². The van der Waals surface area contributed by atoms with Crippen LogP contribution in [0.4, 0.5) is 5.82 Å². The fraction of sp³-hybridized carbons (Fsp3) is 0.292. The number of likely N-dealkylation sites (tertiary alicyclic amines) is 1. The molecule has 1 unspecified atom stereocenters. The van der Waals surface area contributed by atoms with Gasteiger partial charge in [0.2, 0.25) is 5.91 Å². The second-order valence-electron chi connectivity index (χ2n) is 7.45. The molecule has 3 N–H and O–H groups in total. The molecule has 3 aromatic rings. The van der Waals surface area contributed by atoms with Gasteiger partial charge < -0.3 is 25.3 Å². The molecule has 2 aromatic heterocycles. The molecule has 0 radical (unpaired) electrons. The number of amides is 1. The highest BCUT2D eigenvalue weighted by atomic mass is 16.5. The monoisotopic (exact) mass is 430 g/mol. The van der Waals surface area contributed by atoms with E-state index in [0.29, 0.717) is 19.7 Å². The molecule has 8 heteroatoms. The van der Waals surface area contributed by atoms with Crippen molar-refractivity contribution in [3.05, 3.63) is 60.6 Å². The molecule has 0 aliphatic carbocycles. The molecule has 8 nitrogen and oxygen atoms in total. The molecule has 1 fully saturated rings. The van der Waals surface area contributed by atoms with Crippen LogP contribution >= 0.6 is 0 Å². The molecule has 0 bridgehead atoms. The molecule has 1 atom stereocenters. The second kappa shape index (κ2) is 10.5. The first-order chi connectivity index (χ1) is 15.7. The van der Waals surface area contributed by atoms with Crippen LogP contribution in [-0.2, 0) is 4.79 Å². The number of aromatic nitrogens is 3. The number of anilines is 1.